The molecule has 0 aliphatic rings. The van der Waals surface area contributed by atoms with Gasteiger partial charge in [0.2, 0.25) is 5.91 Å². The van der Waals surface area contributed by atoms with Crippen molar-refractivity contribution in [3.8, 4) is 0 Å². The molecule has 0 aromatic carbocycles. The van der Waals surface area contributed by atoms with Gasteiger partial charge < -0.3 is 10.4 Å². The normalized spacial score (nSPS) is 15.2. The van der Waals surface area contributed by atoms with Crippen LogP contribution in [0.3, 0.4) is 0 Å². The Bertz CT molecular complexity index is 206. The molecule has 5 nitrogen and oxygen atoms in total. The van der Waals surface area contributed by atoms with Gasteiger partial charge in [-0.05, 0) is 20.9 Å². The van der Waals surface area contributed by atoms with Crippen LogP contribution in [0.1, 0.15) is 13.8 Å². The zero-order chi connectivity index (χ0) is 10.6. The molecule has 2 N–H and O–H groups in total. The van der Waals surface area contributed by atoms with E-state index in [-0.39, 0.29) is 5.91 Å². The fourth-order valence-electron chi connectivity index (χ4n) is 0.903. The molecule has 0 fully saturated rings. The number of carboxylic acid groups (broad SMARTS) is 1. The van der Waals surface area contributed by atoms with Crippen LogP contribution >= 0.6 is 0 Å². The number of nitrogens with zero attached hydrogens (tertiary/aromatic N) is 1. The topological polar surface area (TPSA) is 69.6 Å². The summed E-state index contributed by atoms with van der Waals surface area (Å²) in [4.78, 5) is 23.2. The molecule has 0 saturated carbocycles. The summed E-state index contributed by atoms with van der Waals surface area (Å²) in [6, 6.07) is -1.09. The first-order valence-corrected chi connectivity index (χ1v) is 4.08. The number of carbonyl (C=O) groups is 2. The van der Waals surface area contributed by atoms with E-state index in [0.717, 1.165) is 0 Å². The predicted molar refractivity (Wildman–Crippen MR) is 48.4 cm³/mol. The Hall–Kier alpha value is -1.10. The number of hydrogen-bond donors (Lipinski definition) is 2. The predicted octanol–water partition coefficient (Wildman–Crippen LogP) is -0.474. The van der Waals surface area contributed by atoms with Gasteiger partial charge >= 0.3 is 5.97 Å². The molecule has 0 spiro atoms. The van der Waals surface area contributed by atoms with E-state index in [4.69, 9.17) is 5.11 Å². The van der Waals surface area contributed by atoms with Gasteiger partial charge in [0.15, 0.2) is 0 Å². The lowest BCUT2D eigenvalue weighted by Gasteiger charge is -2.26. The van der Waals surface area contributed by atoms with Gasteiger partial charge in [-0.25, -0.2) is 0 Å². The fraction of sp³-hybridized carbons (Fsp3) is 0.750. The van der Waals surface area contributed by atoms with Gasteiger partial charge in [0.1, 0.15) is 6.04 Å². The highest BCUT2D eigenvalue weighted by Gasteiger charge is 2.25. The molecule has 0 saturated heterocycles. The highest BCUT2D eigenvalue weighted by atomic mass is 16.4. The molecule has 0 heterocycles. The van der Waals surface area contributed by atoms with Crippen LogP contribution in [0.4, 0.5) is 0 Å². The number of amides is 1. The van der Waals surface area contributed by atoms with Crippen LogP contribution in [-0.4, -0.2) is 48.1 Å². The Morgan fingerprint density at radius 1 is 1.31 bits per heavy atom. The Kier molecular flexibility index (Phi) is 4.40. The van der Waals surface area contributed by atoms with Crippen molar-refractivity contribution in [3.05, 3.63) is 0 Å². The molecular weight excluding hydrogens is 172 g/mol. The Balaban J connectivity index is 4.32. The molecule has 0 aliphatic carbocycles. The molecule has 0 aromatic rings. The minimum atomic E-state index is -0.932. The van der Waals surface area contributed by atoms with E-state index in [1.165, 1.54) is 11.9 Å². The molecule has 0 radical (unpaired) electrons. The monoisotopic (exact) mass is 188 g/mol. The number of rotatable bonds is 4. The molecule has 0 rings (SSSR count). The van der Waals surface area contributed by atoms with Gasteiger partial charge in [0, 0.05) is 7.05 Å². The molecule has 5 heteroatoms. The summed E-state index contributed by atoms with van der Waals surface area (Å²) in [6.45, 7) is 3.21. The van der Waals surface area contributed by atoms with Gasteiger partial charge in [-0.1, -0.05) is 0 Å². The third-order valence-corrected chi connectivity index (χ3v) is 2.21. The van der Waals surface area contributed by atoms with Crippen LogP contribution in [-0.2, 0) is 9.59 Å². The first-order valence-electron chi connectivity index (χ1n) is 4.08. The van der Waals surface area contributed by atoms with Crippen molar-refractivity contribution in [3.63, 3.8) is 0 Å². The van der Waals surface area contributed by atoms with Gasteiger partial charge in [-0.3, -0.25) is 14.5 Å². The van der Waals surface area contributed by atoms with Crippen molar-refractivity contribution in [1.82, 2.24) is 10.2 Å². The minimum absolute atomic E-state index is 0.185. The van der Waals surface area contributed by atoms with E-state index in [9.17, 15) is 9.59 Å². The van der Waals surface area contributed by atoms with E-state index in [1.54, 1.807) is 20.9 Å². The molecule has 0 bridgehead atoms. The Morgan fingerprint density at radius 2 is 1.77 bits per heavy atom. The quantitative estimate of drug-likeness (QED) is 0.625. The second kappa shape index (κ2) is 4.81. The lowest BCUT2D eigenvalue weighted by molar-refractivity contribution is -0.143. The van der Waals surface area contributed by atoms with E-state index in [0.29, 0.717) is 0 Å². The molecule has 0 aliphatic heterocycles. The highest BCUT2D eigenvalue weighted by Crippen LogP contribution is 2.02. The summed E-state index contributed by atoms with van der Waals surface area (Å²) in [5.74, 6) is -1.12. The summed E-state index contributed by atoms with van der Waals surface area (Å²) >= 11 is 0. The van der Waals surface area contributed by atoms with Gasteiger partial charge in [-0.2, -0.15) is 0 Å². The van der Waals surface area contributed by atoms with Crippen molar-refractivity contribution in [2.75, 3.05) is 14.1 Å². The van der Waals surface area contributed by atoms with Crippen molar-refractivity contribution in [2.24, 2.45) is 0 Å². The number of carboxylic acids is 1. The van der Waals surface area contributed by atoms with Crippen LogP contribution < -0.4 is 5.32 Å². The van der Waals surface area contributed by atoms with Gasteiger partial charge in [0.25, 0.3) is 0 Å². The fourth-order valence-corrected chi connectivity index (χ4v) is 0.903. The molecular formula is C8H16N2O3. The largest absolute Gasteiger partial charge is 0.480 e. The number of likely N-dealkylation sites (N-methyl/N-ethyl adjacent to an activating group) is 2. The summed E-state index contributed by atoms with van der Waals surface area (Å²) in [6.07, 6.45) is 0. The van der Waals surface area contributed by atoms with Gasteiger partial charge in [0.05, 0.1) is 6.04 Å². The number of nitrogens with one attached hydrogen (secondary N) is 1. The number of hydrogen-bond acceptors (Lipinski definition) is 3. The van der Waals surface area contributed by atoms with E-state index >= 15 is 0 Å². The zero-order valence-corrected chi connectivity index (χ0v) is 8.37. The van der Waals surface area contributed by atoms with Crippen LogP contribution in [0.25, 0.3) is 0 Å². The maximum atomic E-state index is 11.1. The van der Waals surface area contributed by atoms with Crippen LogP contribution in [0.2, 0.25) is 0 Å². The lowest BCUT2D eigenvalue weighted by atomic mass is 10.2. The Labute approximate surface area is 77.7 Å². The van der Waals surface area contributed by atoms with Crippen molar-refractivity contribution < 1.29 is 14.7 Å². The Morgan fingerprint density at radius 3 is 2.08 bits per heavy atom. The molecule has 76 valence electrons. The smallest absolute Gasteiger partial charge is 0.320 e. The summed E-state index contributed by atoms with van der Waals surface area (Å²) in [5.41, 5.74) is 0. The van der Waals surface area contributed by atoms with E-state index in [1.807, 2.05) is 0 Å². The highest BCUT2D eigenvalue weighted by molar-refractivity contribution is 5.82. The third kappa shape index (κ3) is 3.02. The average molecular weight is 188 g/mol. The third-order valence-electron chi connectivity index (χ3n) is 2.21. The minimum Gasteiger partial charge on any atom is -0.480 e. The molecule has 1 amide bonds. The van der Waals surface area contributed by atoms with Crippen molar-refractivity contribution >= 4 is 11.9 Å². The summed E-state index contributed by atoms with van der Waals surface area (Å²) < 4.78 is 0. The van der Waals surface area contributed by atoms with E-state index in [2.05, 4.69) is 5.32 Å². The van der Waals surface area contributed by atoms with Crippen LogP contribution in [0, 0.1) is 0 Å². The molecule has 0 aromatic heterocycles. The maximum absolute atomic E-state index is 11.1. The van der Waals surface area contributed by atoms with Crippen LogP contribution in [0.5, 0.6) is 0 Å². The second-order valence-corrected chi connectivity index (χ2v) is 2.97. The zero-order valence-electron chi connectivity index (χ0n) is 8.37. The van der Waals surface area contributed by atoms with Crippen molar-refractivity contribution in [1.29, 1.82) is 0 Å². The average Bonchev–Trinajstić information content (AvgIpc) is 2.12. The van der Waals surface area contributed by atoms with E-state index < -0.39 is 18.1 Å². The summed E-state index contributed by atoms with van der Waals surface area (Å²) in [7, 11) is 3.14. The lowest BCUT2D eigenvalue weighted by Crippen LogP contribution is -2.48. The second-order valence-electron chi connectivity index (χ2n) is 2.97. The number of carbonyl (C=O) groups excluding carboxylic acids is 1. The molecule has 2 unspecified atom stereocenters. The standard InChI is InChI=1S/C8H16N2O3/c1-5(7(11)9-3)10(4)6(2)8(12)13/h5-6H,1-4H3,(H,9,11)(H,12,13). The van der Waals surface area contributed by atoms with Gasteiger partial charge in [-0.15, -0.1) is 0 Å². The molecule has 2 atom stereocenters. The number of aliphatic carboxylic acids is 1. The SMILES string of the molecule is CNC(=O)C(C)N(C)C(C)C(=O)O. The van der Waals surface area contributed by atoms with Crippen molar-refractivity contribution in [2.45, 2.75) is 25.9 Å². The maximum Gasteiger partial charge on any atom is 0.320 e. The van der Waals surface area contributed by atoms with Crippen LogP contribution in [0.15, 0.2) is 0 Å². The summed E-state index contributed by atoms with van der Waals surface area (Å²) in [5, 5.41) is 11.1. The first-order chi connectivity index (χ1) is 5.91. The first kappa shape index (κ1) is 11.9. The molecule has 13 heavy (non-hydrogen) atoms.